The SMILES string of the molecule is CC1CCCCN1C(C)c1ccc(O)cc1F. The Balaban J connectivity index is 2.20. The number of benzene rings is 1. The van der Waals surface area contributed by atoms with E-state index in [1.54, 1.807) is 12.1 Å². The van der Waals surface area contributed by atoms with Crippen LogP contribution in [0.15, 0.2) is 18.2 Å². The number of halogens is 1. The van der Waals surface area contributed by atoms with Gasteiger partial charge in [0, 0.05) is 23.7 Å². The topological polar surface area (TPSA) is 23.5 Å². The third-order valence-electron chi connectivity index (χ3n) is 3.79. The van der Waals surface area contributed by atoms with E-state index in [4.69, 9.17) is 0 Å². The van der Waals surface area contributed by atoms with Crippen LogP contribution in [0.3, 0.4) is 0 Å². The molecule has 3 heteroatoms. The number of hydrogen-bond acceptors (Lipinski definition) is 2. The zero-order valence-corrected chi connectivity index (χ0v) is 10.5. The zero-order chi connectivity index (χ0) is 12.4. The van der Waals surface area contributed by atoms with Crippen molar-refractivity contribution in [2.24, 2.45) is 0 Å². The monoisotopic (exact) mass is 237 g/mol. The van der Waals surface area contributed by atoms with E-state index in [0.717, 1.165) is 6.54 Å². The fourth-order valence-corrected chi connectivity index (χ4v) is 2.73. The summed E-state index contributed by atoms with van der Waals surface area (Å²) in [4.78, 5) is 2.35. The van der Waals surface area contributed by atoms with Gasteiger partial charge in [-0.3, -0.25) is 4.90 Å². The van der Waals surface area contributed by atoms with Crippen LogP contribution in [0.25, 0.3) is 0 Å². The summed E-state index contributed by atoms with van der Waals surface area (Å²) in [7, 11) is 0. The molecular formula is C14H20FNO. The van der Waals surface area contributed by atoms with Crippen molar-refractivity contribution in [2.75, 3.05) is 6.54 Å². The third kappa shape index (κ3) is 2.60. The molecule has 1 aliphatic rings. The molecule has 17 heavy (non-hydrogen) atoms. The summed E-state index contributed by atoms with van der Waals surface area (Å²) < 4.78 is 13.8. The van der Waals surface area contributed by atoms with Crippen LogP contribution in [0.1, 0.15) is 44.7 Å². The van der Waals surface area contributed by atoms with Crippen molar-refractivity contribution in [3.63, 3.8) is 0 Å². The summed E-state index contributed by atoms with van der Waals surface area (Å²) in [6, 6.07) is 5.03. The van der Waals surface area contributed by atoms with Gasteiger partial charge in [0.2, 0.25) is 0 Å². The number of nitrogens with zero attached hydrogens (tertiary/aromatic N) is 1. The van der Waals surface area contributed by atoms with Crippen LogP contribution >= 0.6 is 0 Å². The maximum atomic E-state index is 13.8. The first-order valence-corrected chi connectivity index (χ1v) is 6.33. The average Bonchev–Trinajstić information content (AvgIpc) is 2.29. The van der Waals surface area contributed by atoms with Crippen molar-refractivity contribution in [1.82, 2.24) is 4.90 Å². The molecule has 1 heterocycles. The number of likely N-dealkylation sites (tertiary alicyclic amines) is 1. The summed E-state index contributed by atoms with van der Waals surface area (Å²) in [5.41, 5.74) is 0.677. The van der Waals surface area contributed by atoms with Crippen LogP contribution in [0, 0.1) is 5.82 Å². The third-order valence-corrected chi connectivity index (χ3v) is 3.79. The molecule has 2 rings (SSSR count). The molecule has 1 saturated heterocycles. The van der Waals surface area contributed by atoms with Crippen molar-refractivity contribution in [1.29, 1.82) is 0 Å². The van der Waals surface area contributed by atoms with Gasteiger partial charge in [0.25, 0.3) is 0 Å². The van der Waals surface area contributed by atoms with E-state index >= 15 is 0 Å². The predicted molar refractivity (Wildman–Crippen MR) is 66.5 cm³/mol. The van der Waals surface area contributed by atoms with Gasteiger partial charge >= 0.3 is 0 Å². The summed E-state index contributed by atoms with van der Waals surface area (Å²) in [5.74, 6) is -0.319. The number of piperidine rings is 1. The van der Waals surface area contributed by atoms with Crippen molar-refractivity contribution in [3.05, 3.63) is 29.6 Å². The van der Waals surface area contributed by atoms with Crippen LogP contribution < -0.4 is 0 Å². The normalized spacial score (nSPS) is 23.6. The second-order valence-corrected chi connectivity index (χ2v) is 4.96. The maximum absolute atomic E-state index is 13.8. The highest BCUT2D eigenvalue weighted by atomic mass is 19.1. The number of aromatic hydroxyl groups is 1. The van der Waals surface area contributed by atoms with E-state index < -0.39 is 0 Å². The molecule has 1 fully saturated rings. The molecule has 94 valence electrons. The van der Waals surface area contributed by atoms with Crippen LogP contribution in [0.2, 0.25) is 0 Å². The highest BCUT2D eigenvalue weighted by molar-refractivity contribution is 5.29. The summed E-state index contributed by atoms with van der Waals surface area (Å²) in [5, 5.41) is 9.23. The molecule has 0 radical (unpaired) electrons. The van der Waals surface area contributed by atoms with Gasteiger partial charge in [-0.15, -0.1) is 0 Å². The minimum Gasteiger partial charge on any atom is -0.508 e. The molecule has 0 saturated carbocycles. The molecule has 0 aromatic heterocycles. The van der Waals surface area contributed by atoms with Gasteiger partial charge in [-0.1, -0.05) is 12.5 Å². The minimum atomic E-state index is -0.310. The van der Waals surface area contributed by atoms with Crippen molar-refractivity contribution >= 4 is 0 Å². The lowest BCUT2D eigenvalue weighted by atomic mass is 9.98. The van der Waals surface area contributed by atoms with Crippen molar-refractivity contribution in [2.45, 2.75) is 45.2 Å². The van der Waals surface area contributed by atoms with E-state index in [1.807, 2.05) is 6.92 Å². The Morgan fingerprint density at radius 2 is 2.18 bits per heavy atom. The van der Waals surface area contributed by atoms with E-state index in [0.29, 0.717) is 11.6 Å². The van der Waals surface area contributed by atoms with Gasteiger partial charge in [0.05, 0.1) is 0 Å². The molecule has 0 spiro atoms. The molecule has 1 aliphatic heterocycles. The van der Waals surface area contributed by atoms with Gasteiger partial charge in [0.1, 0.15) is 11.6 Å². The second kappa shape index (κ2) is 5.05. The molecule has 1 aromatic carbocycles. The lowest BCUT2D eigenvalue weighted by molar-refractivity contribution is 0.112. The fourth-order valence-electron chi connectivity index (χ4n) is 2.73. The number of phenols is 1. The van der Waals surface area contributed by atoms with Gasteiger partial charge in [-0.2, -0.15) is 0 Å². The highest BCUT2D eigenvalue weighted by Crippen LogP contribution is 2.30. The molecule has 1 N–H and O–H groups in total. The zero-order valence-electron chi connectivity index (χ0n) is 10.5. The van der Waals surface area contributed by atoms with Gasteiger partial charge < -0.3 is 5.11 Å². The maximum Gasteiger partial charge on any atom is 0.131 e. The Morgan fingerprint density at radius 1 is 1.41 bits per heavy atom. The molecule has 1 aromatic rings. The standard InChI is InChI=1S/C14H20FNO/c1-10-5-3-4-8-16(10)11(2)13-7-6-12(17)9-14(13)15/h6-7,9-11,17H,3-5,8H2,1-2H3. The van der Waals surface area contributed by atoms with E-state index in [-0.39, 0.29) is 17.6 Å². The Kier molecular flexibility index (Phi) is 3.67. The van der Waals surface area contributed by atoms with E-state index in [2.05, 4.69) is 11.8 Å². The fraction of sp³-hybridized carbons (Fsp3) is 0.571. The summed E-state index contributed by atoms with van der Waals surface area (Å²) >= 11 is 0. The van der Waals surface area contributed by atoms with Crippen LogP contribution in [-0.2, 0) is 0 Å². The van der Waals surface area contributed by atoms with Gasteiger partial charge in [-0.05, 0) is 39.3 Å². The molecule has 0 bridgehead atoms. The Bertz CT molecular complexity index is 394. The smallest absolute Gasteiger partial charge is 0.131 e. The first-order valence-electron chi connectivity index (χ1n) is 6.33. The highest BCUT2D eigenvalue weighted by Gasteiger charge is 2.25. The van der Waals surface area contributed by atoms with Crippen LogP contribution in [0.4, 0.5) is 4.39 Å². The summed E-state index contributed by atoms with van der Waals surface area (Å²) in [6.45, 7) is 5.27. The molecule has 2 atom stereocenters. The van der Waals surface area contributed by atoms with Crippen LogP contribution in [-0.4, -0.2) is 22.6 Å². The van der Waals surface area contributed by atoms with Gasteiger partial charge in [-0.25, -0.2) is 4.39 Å². The Hall–Kier alpha value is -1.09. The number of hydrogen-bond donors (Lipinski definition) is 1. The van der Waals surface area contributed by atoms with E-state index in [9.17, 15) is 9.50 Å². The minimum absolute atomic E-state index is 0.00913. The molecule has 0 amide bonds. The first-order chi connectivity index (χ1) is 8.09. The quantitative estimate of drug-likeness (QED) is 0.851. The molecule has 0 aliphatic carbocycles. The first kappa shape index (κ1) is 12.4. The number of phenolic OH excluding ortho intramolecular Hbond substituents is 1. The average molecular weight is 237 g/mol. The Morgan fingerprint density at radius 3 is 2.82 bits per heavy atom. The Labute approximate surface area is 102 Å². The summed E-state index contributed by atoms with van der Waals surface area (Å²) in [6.07, 6.45) is 3.64. The van der Waals surface area contributed by atoms with Crippen molar-refractivity contribution in [3.8, 4) is 5.75 Å². The largest absolute Gasteiger partial charge is 0.508 e. The molecular weight excluding hydrogens is 217 g/mol. The predicted octanol–water partition coefficient (Wildman–Crippen LogP) is 3.47. The van der Waals surface area contributed by atoms with E-state index in [1.165, 1.54) is 25.3 Å². The lowest BCUT2D eigenvalue weighted by Crippen LogP contribution is -2.39. The van der Waals surface area contributed by atoms with Crippen molar-refractivity contribution < 1.29 is 9.50 Å². The number of rotatable bonds is 2. The van der Waals surface area contributed by atoms with Crippen LogP contribution in [0.5, 0.6) is 5.75 Å². The molecule has 2 nitrogen and oxygen atoms in total. The molecule has 2 unspecified atom stereocenters. The lowest BCUT2D eigenvalue weighted by Gasteiger charge is -2.38. The second-order valence-electron chi connectivity index (χ2n) is 4.96. The van der Waals surface area contributed by atoms with Gasteiger partial charge in [0.15, 0.2) is 0 Å².